The van der Waals surface area contributed by atoms with Crippen LogP contribution in [0.2, 0.25) is 0 Å². The zero-order valence-corrected chi connectivity index (χ0v) is 20.6. The van der Waals surface area contributed by atoms with E-state index in [0.29, 0.717) is 0 Å². The molecule has 0 aromatic heterocycles. The van der Waals surface area contributed by atoms with E-state index in [4.69, 9.17) is 0 Å². The molecule has 0 aliphatic rings. The first-order valence-corrected chi connectivity index (χ1v) is 17.0. The van der Waals surface area contributed by atoms with Crippen LogP contribution in [0.1, 0.15) is 118 Å². The van der Waals surface area contributed by atoms with Gasteiger partial charge in [-0.3, -0.25) is 0 Å². The van der Waals surface area contributed by atoms with E-state index in [-0.39, 0.29) is 0 Å². The van der Waals surface area contributed by atoms with Crippen LogP contribution in [0, 0.1) is 0 Å². The molecule has 24 heavy (non-hydrogen) atoms. The Hall–Kier alpha value is 1.16. The Morgan fingerprint density at radius 1 is 0.458 bits per heavy atom. The Balaban J connectivity index is 4.01. The van der Waals surface area contributed by atoms with Crippen molar-refractivity contribution < 1.29 is 0 Å². The van der Waals surface area contributed by atoms with Crippen molar-refractivity contribution >= 4 is 26.3 Å². The Labute approximate surface area is 168 Å². The summed E-state index contributed by atoms with van der Waals surface area (Å²) in [5.41, 5.74) is 0. The van der Waals surface area contributed by atoms with Gasteiger partial charge in [0.1, 0.15) is 0 Å². The molecule has 0 aromatic carbocycles. The molecular weight excluding hydrogens is 422 g/mol. The maximum atomic E-state index is 3.02. The molecule has 0 saturated heterocycles. The zero-order valence-electron chi connectivity index (χ0n) is 17.6. The fourth-order valence-corrected chi connectivity index (χ4v) is 9.91. The van der Waals surface area contributed by atoms with E-state index >= 15 is 0 Å². The van der Waals surface area contributed by atoms with Gasteiger partial charge in [0, 0.05) is 0 Å². The molecule has 0 amide bonds. The van der Waals surface area contributed by atoms with Gasteiger partial charge in [-0.1, -0.05) is 0 Å². The summed E-state index contributed by atoms with van der Waals surface area (Å²) in [4.78, 5) is 0. The Bertz CT molecular complexity index is 251. The van der Waals surface area contributed by atoms with Gasteiger partial charge in [-0.05, 0) is 0 Å². The van der Waals surface area contributed by atoms with Gasteiger partial charge in [0.05, 0.1) is 0 Å². The van der Waals surface area contributed by atoms with Gasteiger partial charge in [-0.2, -0.15) is 0 Å². The van der Waals surface area contributed by atoms with E-state index in [1.165, 1.54) is 102 Å². The molecule has 0 fully saturated rings. The van der Waals surface area contributed by atoms with Gasteiger partial charge in [-0.15, -0.1) is 0 Å². The summed E-state index contributed by atoms with van der Waals surface area (Å²) < 4.78 is -1.40. The number of halogens is 1. The van der Waals surface area contributed by atoms with Gasteiger partial charge >= 0.3 is 169 Å². The van der Waals surface area contributed by atoms with E-state index in [1.807, 2.05) is 0 Å². The molecule has 0 heterocycles. The average Bonchev–Trinajstić information content (AvgIpc) is 2.60. The van der Waals surface area contributed by atoms with Crippen molar-refractivity contribution in [2.45, 2.75) is 118 Å². The second-order valence-corrected chi connectivity index (χ2v) is 22.1. The fraction of sp³-hybridized carbons (Fsp3) is 1.00. The van der Waals surface area contributed by atoms with Crippen LogP contribution in [0.25, 0.3) is 0 Å². The Morgan fingerprint density at radius 2 is 0.750 bits per heavy atom. The summed E-state index contributed by atoms with van der Waals surface area (Å²) in [5, 5.41) is 0. The molecule has 0 nitrogen and oxygen atoms in total. The molecule has 0 aromatic rings. The molecule has 0 saturated carbocycles. The number of hydrogen-bond donors (Lipinski definition) is 0. The van der Waals surface area contributed by atoms with Gasteiger partial charge in [0.25, 0.3) is 0 Å². The summed E-state index contributed by atoms with van der Waals surface area (Å²) in [6.07, 6.45) is 26.5. The van der Waals surface area contributed by atoms with Crippen molar-refractivity contribution in [3.63, 3.8) is 0 Å². The minimum absolute atomic E-state index is 1.37. The summed E-state index contributed by atoms with van der Waals surface area (Å²) >= 11 is 3.02. The van der Waals surface area contributed by atoms with Crippen LogP contribution in [0.5, 0.6) is 0 Å². The second-order valence-electron chi connectivity index (χ2n) is 8.14. The molecule has 148 valence electrons. The zero-order chi connectivity index (χ0) is 18.2. The van der Waals surface area contributed by atoms with Crippen molar-refractivity contribution in [3.8, 4) is 0 Å². The third kappa shape index (κ3) is 11.7. The average molecular weight is 471 g/mol. The van der Waals surface area contributed by atoms with Gasteiger partial charge in [0.15, 0.2) is 0 Å². The standard InChI is InChI=1S/C22H48IP/c1-5-9-11-13-15-17-19-21-24(23,7-3,8-4)22-20-18-16-14-12-10-6-2/h5-22H2,1-4H3. The van der Waals surface area contributed by atoms with Crippen LogP contribution in [0.4, 0.5) is 0 Å². The first-order chi connectivity index (χ1) is 11.5. The number of hydrogen-bond acceptors (Lipinski definition) is 0. The Morgan fingerprint density at radius 3 is 1.04 bits per heavy atom. The van der Waals surface area contributed by atoms with Crippen molar-refractivity contribution in [2.75, 3.05) is 24.6 Å². The number of rotatable bonds is 18. The molecule has 0 spiro atoms. The number of unbranched alkanes of at least 4 members (excludes halogenated alkanes) is 12. The first kappa shape index (κ1) is 25.2. The molecule has 0 unspecified atom stereocenters. The van der Waals surface area contributed by atoms with Crippen LogP contribution in [0.3, 0.4) is 0 Å². The van der Waals surface area contributed by atoms with Crippen molar-refractivity contribution in [1.29, 1.82) is 0 Å². The molecule has 0 rings (SSSR count). The van der Waals surface area contributed by atoms with E-state index in [1.54, 1.807) is 12.3 Å². The summed E-state index contributed by atoms with van der Waals surface area (Å²) in [6.45, 7) is 9.62. The molecule has 0 aliphatic heterocycles. The fourth-order valence-electron chi connectivity index (χ4n) is 3.90. The molecular formula is C22H48IP. The summed E-state index contributed by atoms with van der Waals surface area (Å²) in [7, 11) is 0. The third-order valence-corrected chi connectivity index (χ3v) is 19.2. The van der Waals surface area contributed by atoms with Crippen LogP contribution < -0.4 is 0 Å². The molecule has 0 bridgehead atoms. The summed E-state index contributed by atoms with van der Waals surface area (Å²) in [5.74, 6) is 0. The van der Waals surface area contributed by atoms with Gasteiger partial charge < -0.3 is 0 Å². The van der Waals surface area contributed by atoms with Crippen LogP contribution >= 0.6 is 26.3 Å². The second kappa shape index (κ2) is 15.2. The molecule has 0 aliphatic carbocycles. The third-order valence-electron chi connectivity index (χ3n) is 6.22. The normalized spacial score (nSPS) is 13.8. The molecule has 0 N–H and O–H groups in total. The van der Waals surface area contributed by atoms with Crippen molar-refractivity contribution in [2.24, 2.45) is 0 Å². The molecule has 0 radical (unpaired) electrons. The van der Waals surface area contributed by atoms with Crippen LogP contribution in [-0.4, -0.2) is 24.6 Å². The van der Waals surface area contributed by atoms with Gasteiger partial charge in [-0.25, -0.2) is 0 Å². The Kier molecular flexibility index (Phi) is 16.0. The maximum absolute atomic E-state index is 3.02. The minimum atomic E-state index is -1.40. The van der Waals surface area contributed by atoms with Crippen LogP contribution in [-0.2, 0) is 0 Å². The van der Waals surface area contributed by atoms with E-state index < -0.39 is 4.25 Å². The van der Waals surface area contributed by atoms with Crippen molar-refractivity contribution in [1.82, 2.24) is 0 Å². The van der Waals surface area contributed by atoms with E-state index in [9.17, 15) is 0 Å². The first-order valence-electron chi connectivity index (χ1n) is 11.3. The van der Waals surface area contributed by atoms with Crippen molar-refractivity contribution in [3.05, 3.63) is 0 Å². The summed E-state index contributed by atoms with van der Waals surface area (Å²) in [6, 6.07) is 0. The van der Waals surface area contributed by atoms with E-state index in [0.717, 1.165) is 0 Å². The van der Waals surface area contributed by atoms with Crippen LogP contribution in [0.15, 0.2) is 0 Å². The monoisotopic (exact) mass is 470 g/mol. The van der Waals surface area contributed by atoms with Gasteiger partial charge in [0.2, 0.25) is 0 Å². The van der Waals surface area contributed by atoms with E-state index in [2.05, 4.69) is 49.7 Å². The predicted octanol–water partition coefficient (Wildman–Crippen LogP) is 9.43. The predicted molar refractivity (Wildman–Crippen MR) is 128 cm³/mol. The molecule has 2 heteroatoms. The quantitative estimate of drug-likeness (QED) is 0.106. The topological polar surface area (TPSA) is 0 Å². The SMILES string of the molecule is CCCCCCCCCP(I)(CC)(CC)CCCCCCCCC. The molecule has 0 atom stereocenters.